The summed E-state index contributed by atoms with van der Waals surface area (Å²) in [4.78, 5) is 30.6. The Morgan fingerprint density at radius 1 is 1.16 bits per heavy atom. The van der Waals surface area contributed by atoms with Gasteiger partial charge >= 0.3 is 5.69 Å². The number of carbonyl (C=O) groups is 1. The lowest BCUT2D eigenvalue weighted by Crippen LogP contribution is -2.40. The minimum absolute atomic E-state index is 0.0476. The molecule has 3 heterocycles. The Morgan fingerprint density at radius 3 is 2.71 bits per heavy atom. The molecule has 31 heavy (non-hydrogen) atoms. The Kier molecular flexibility index (Phi) is 4.79. The van der Waals surface area contributed by atoms with Crippen LogP contribution in [0.25, 0.3) is 21.9 Å². The third kappa shape index (κ3) is 3.29. The first-order valence-corrected chi connectivity index (χ1v) is 10.6. The van der Waals surface area contributed by atoms with E-state index >= 15 is 0 Å². The van der Waals surface area contributed by atoms with Gasteiger partial charge in [0.15, 0.2) is 0 Å². The molecule has 0 spiro atoms. The van der Waals surface area contributed by atoms with E-state index in [0.29, 0.717) is 36.5 Å². The molecule has 0 saturated carbocycles. The Labute approximate surface area is 183 Å². The van der Waals surface area contributed by atoms with Crippen molar-refractivity contribution in [3.63, 3.8) is 0 Å². The largest absolute Gasteiger partial charge is 0.338 e. The van der Waals surface area contributed by atoms with Crippen molar-refractivity contribution in [3.8, 4) is 6.07 Å². The topological polar surface area (TPSA) is 86.8 Å². The van der Waals surface area contributed by atoms with Crippen molar-refractivity contribution in [2.24, 2.45) is 0 Å². The molecule has 1 N–H and O–H groups in total. The number of nitrogens with one attached hydrogen (secondary N) is 1. The standard InChI is InChI=1S/C23H20ClN5O2/c24-15-5-6-17-18(14-28(12-9-25)21(17)13-15)22(30)27-10-7-16(8-11-27)29-20-4-2-1-3-19(20)26-23(29)31/h1-6,13-14,16H,7-8,10-12H2,(H,26,31). The maximum absolute atomic E-state index is 13.3. The highest BCUT2D eigenvalue weighted by Crippen LogP contribution is 2.29. The number of aromatic nitrogens is 3. The molecule has 156 valence electrons. The van der Waals surface area contributed by atoms with E-state index in [-0.39, 0.29) is 24.2 Å². The van der Waals surface area contributed by atoms with E-state index in [9.17, 15) is 9.59 Å². The number of amides is 1. The number of likely N-dealkylation sites (tertiary alicyclic amines) is 1. The molecule has 1 amide bonds. The van der Waals surface area contributed by atoms with E-state index in [2.05, 4.69) is 11.1 Å². The number of hydrogen-bond acceptors (Lipinski definition) is 3. The summed E-state index contributed by atoms with van der Waals surface area (Å²) >= 11 is 6.13. The highest BCUT2D eigenvalue weighted by Gasteiger charge is 2.28. The SMILES string of the molecule is N#CCn1cc(C(=O)N2CCC(n3c(=O)[nH]c4ccccc43)CC2)c2ccc(Cl)cc21. The molecule has 5 rings (SSSR count). The summed E-state index contributed by atoms with van der Waals surface area (Å²) in [6, 6.07) is 15.2. The molecule has 0 atom stereocenters. The van der Waals surface area contributed by atoms with Crippen LogP contribution in [-0.4, -0.2) is 38.0 Å². The molecule has 0 unspecified atom stereocenters. The molecular weight excluding hydrogens is 414 g/mol. The van der Waals surface area contributed by atoms with E-state index in [1.54, 1.807) is 22.9 Å². The second-order valence-corrected chi connectivity index (χ2v) is 8.27. The predicted octanol–water partition coefficient (Wildman–Crippen LogP) is 3.94. The summed E-state index contributed by atoms with van der Waals surface area (Å²) in [6.45, 7) is 1.28. The molecule has 2 aromatic heterocycles. The van der Waals surface area contributed by atoms with Crippen molar-refractivity contribution in [3.05, 3.63) is 69.7 Å². The van der Waals surface area contributed by atoms with Gasteiger partial charge in [0, 0.05) is 35.7 Å². The first kappa shape index (κ1) is 19.5. The highest BCUT2D eigenvalue weighted by atomic mass is 35.5. The van der Waals surface area contributed by atoms with Crippen LogP contribution in [0.3, 0.4) is 0 Å². The quantitative estimate of drug-likeness (QED) is 0.531. The molecule has 2 aromatic carbocycles. The Bertz CT molecular complexity index is 1400. The number of rotatable bonds is 3. The number of nitriles is 1. The van der Waals surface area contributed by atoms with Gasteiger partial charge in [0.05, 0.1) is 28.2 Å². The second kappa shape index (κ2) is 7.64. The summed E-state index contributed by atoms with van der Waals surface area (Å²) < 4.78 is 3.57. The summed E-state index contributed by atoms with van der Waals surface area (Å²) in [5.74, 6) is -0.0614. The lowest BCUT2D eigenvalue weighted by molar-refractivity contribution is 0.0697. The molecule has 8 heteroatoms. The van der Waals surface area contributed by atoms with Crippen molar-refractivity contribution in [2.75, 3.05) is 13.1 Å². The fourth-order valence-corrected chi connectivity index (χ4v) is 4.74. The van der Waals surface area contributed by atoms with Gasteiger partial charge in [-0.05, 0) is 37.1 Å². The van der Waals surface area contributed by atoms with Gasteiger partial charge in [-0.15, -0.1) is 0 Å². The van der Waals surface area contributed by atoms with Crippen LogP contribution in [0, 0.1) is 11.3 Å². The molecule has 0 radical (unpaired) electrons. The smallest absolute Gasteiger partial charge is 0.326 e. The van der Waals surface area contributed by atoms with Crippen LogP contribution in [0.1, 0.15) is 29.2 Å². The van der Waals surface area contributed by atoms with E-state index in [1.165, 1.54) is 0 Å². The summed E-state index contributed by atoms with van der Waals surface area (Å²) in [6.07, 6.45) is 3.15. The molecule has 1 aliphatic rings. The van der Waals surface area contributed by atoms with Crippen LogP contribution >= 0.6 is 11.6 Å². The average Bonchev–Trinajstić information content (AvgIpc) is 3.30. The zero-order chi connectivity index (χ0) is 21.5. The minimum atomic E-state index is -0.109. The third-order valence-corrected chi connectivity index (χ3v) is 6.29. The van der Waals surface area contributed by atoms with Gasteiger partial charge in [-0.25, -0.2) is 4.79 Å². The average molecular weight is 434 g/mol. The van der Waals surface area contributed by atoms with Gasteiger partial charge in [0.2, 0.25) is 0 Å². The number of para-hydroxylation sites is 2. The van der Waals surface area contributed by atoms with Crippen molar-refractivity contribution in [2.45, 2.75) is 25.4 Å². The number of fused-ring (bicyclic) bond motifs is 2. The van der Waals surface area contributed by atoms with Crippen molar-refractivity contribution < 1.29 is 4.79 Å². The van der Waals surface area contributed by atoms with Crippen LogP contribution in [0.4, 0.5) is 0 Å². The van der Waals surface area contributed by atoms with Crippen LogP contribution in [0.5, 0.6) is 0 Å². The predicted molar refractivity (Wildman–Crippen MR) is 119 cm³/mol. The first-order valence-electron chi connectivity index (χ1n) is 10.2. The summed E-state index contributed by atoms with van der Waals surface area (Å²) in [7, 11) is 0. The fourth-order valence-electron chi connectivity index (χ4n) is 4.58. The minimum Gasteiger partial charge on any atom is -0.338 e. The Balaban J connectivity index is 1.40. The van der Waals surface area contributed by atoms with E-state index < -0.39 is 0 Å². The molecule has 1 fully saturated rings. The number of halogens is 1. The number of piperidine rings is 1. The molecule has 1 saturated heterocycles. The number of aromatic amines is 1. The van der Waals surface area contributed by atoms with Gasteiger partial charge in [-0.3, -0.25) is 9.36 Å². The van der Waals surface area contributed by atoms with E-state index in [1.807, 2.05) is 39.8 Å². The second-order valence-electron chi connectivity index (χ2n) is 7.83. The van der Waals surface area contributed by atoms with Crippen molar-refractivity contribution in [1.29, 1.82) is 5.26 Å². The Hall–Kier alpha value is -3.50. The fraction of sp³-hybridized carbons (Fsp3) is 0.261. The van der Waals surface area contributed by atoms with Gasteiger partial charge in [-0.2, -0.15) is 5.26 Å². The number of carbonyl (C=O) groups excluding carboxylic acids is 1. The molecule has 0 bridgehead atoms. The first-order chi connectivity index (χ1) is 15.1. The van der Waals surface area contributed by atoms with Gasteiger partial charge < -0.3 is 14.5 Å². The van der Waals surface area contributed by atoms with Crippen LogP contribution in [0.15, 0.2) is 53.5 Å². The van der Waals surface area contributed by atoms with Crippen LogP contribution < -0.4 is 5.69 Å². The zero-order valence-corrected chi connectivity index (χ0v) is 17.5. The summed E-state index contributed by atoms with van der Waals surface area (Å²) in [5, 5.41) is 10.5. The lowest BCUT2D eigenvalue weighted by Gasteiger charge is -2.32. The van der Waals surface area contributed by atoms with Gasteiger partial charge in [0.1, 0.15) is 6.54 Å². The monoisotopic (exact) mass is 433 g/mol. The van der Waals surface area contributed by atoms with Crippen LogP contribution in [0.2, 0.25) is 5.02 Å². The normalized spacial score (nSPS) is 14.9. The molecule has 0 aliphatic carbocycles. The number of benzene rings is 2. The molecular formula is C23H20ClN5O2. The molecule has 7 nitrogen and oxygen atoms in total. The zero-order valence-electron chi connectivity index (χ0n) is 16.7. The van der Waals surface area contributed by atoms with Crippen LogP contribution in [-0.2, 0) is 6.54 Å². The van der Waals surface area contributed by atoms with Gasteiger partial charge in [0.25, 0.3) is 5.91 Å². The third-order valence-electron chi connectivity index (χ3n) is 6.06. The number of imidazole rings is 1. The summed E-state index contributed by atoms with van der Waals surface area (Å²) in [5.41, 5.74) is 2.97. The van der Waals surface area contributed by atoms with E-state index in [4.69, 9.17) is 16.9 Å². The van der Waals surface area contributed by atoms with Crippen molar-refractivity contribution >= 4 is 39.4 Å². The van der Waals surface area contributed by atoms with Gasteiger partial charge in [-0.1, -0.05) is 29.8 Å². The molecule has 4 aromatic rings. The number of nitrogens with zero attached hydrogens (tertiary/aromatic N) is 4. The molecule has 1 aliphatic heterocycles. The van der Waals surface area contributed by atoms with Crippen molar-refractivity contribution in [1.82, 2.24) is 19.0 Å². The maximum atomic E-state index is 13.3. The lowest BCUT2D eigenvalue weighted by atomic mass is 10.0. The number of hydrogen-bond donors (Lipinski definition) is 1. The van der Waals surface area contributed by atoms with E-state index in [0.717, 1.165) is 21.9 Å². The number of H-pyrrole nitrogens is 1. The Morgan fingerprint density at radius 2 is 1.94 bits per heavy atom. The maximum Gasteiger partial charge on any atom is 0.326 e. The highest BCUT2D eigenvalue weighted by molar-refractivity contribution is 6.31.